The van der Waals surface area contributed by atoms with E-state index in [1.165, 1.54) is 39.5 Å². The van der Waals surface area contributed by atoms with Crippen LogP contribution in [-0.2, 0) is 14.8 Å². The predicted octanol–water partition coefficient (Wildman–Crippen LogP) is 1.75. The fourth-order valence-corrected chi connectivity index (χ4v) is 4.08. The van der Waals surface area contributed by atoms with Crippen molar-refractivity contribution in [1.82, 2.24) is 4.31 Å². The number of carbonyl (C=O) groups excluding carboxylic acids is 1. The quantitative estimate of drug-likeness (QED) is 0.727. The summed E-state index contributed by atoms with van der Waals surface area (Å²) in [6, 6.07) is 11.5. The van der Waals surface area contributed by atoms with Gasteiger partial charge in [-0.05, 0) is 24.3 Å². The first-order valence-electron chi connectivity index (χ1n) is 8.59. The Hall–Kier alpha value is -2.78. The zero-order chi connectivity index (χ0) is 20.3. The molecule has 1 heterocycles. The normalized spacial score (nSPS) is 13.6. The molecule has 1 aliphatic rings. The Morgan fingerprint density at radius 1 is 1.14 bits per heavy atom. The van der Waals surface area contributed by atoms with E-state index in [-0.39, 0.29) is 17.3 Å². The van der Waals surface area contributed by atoms with E-state index in [2.05, 4.69) is 0 Å². The van der Waals surface area contributed by atoms with Gasteiger partial charge in [0, 0.05) is 13.1 Å². The second-order valence-corrected chi connectivity index (χ2v) is 8.18. The van der Waals surface area contributed by atoms with Gasteiger partial charge in [-0.15, -0.1) is 0 Å². The Balaban J connectivity index is 1.81. The van der Waals surface area contributed by atoms with E-state index in [4.69, 9.17) is 14.2 Å². The van der Waals surface area contributed by atoms with Crippen LogP contribution in [0, 0.1) is 0 Å². The lowest BCUT2D eigenvalue weighted by Crippen LogP contribution is -2.44. The molecule has 0 bridgehead atoms. The molecule has 0 spiro atoms. The van der Waals surface area contributed by atoms with Gasteiger partial charge in [0.1, 0.15) is 12.4 Å². The SMILES string of the molecule is COc1ccc(S(=O)(=O)N(C)CC(=O)N2CCOc3ccccc32)cc1OC. The third-order valence-electron chi connectivity index (χ3n) is 4.45. The largest absolute Gasteiger partial charge is 0.493 e. The van der Waals surface area contributed by atoms with Crippen LogP contribution >= 0.6 is 0 Å². The Morgan fingerprint density at radius 2 is 1.86 bits per heavy atom. The summed E-state index contributed by atoms with van der Waals surface area (Å²) < 4.78 is 42.7. The lowest BCUT2D eigenvalue weighted by Gasteiger charge is -2.30. The monoisotopic (exact) mass is 406 g/mol. The maximum Gasteiger partial charge on any atom is 0.243 e. The van der Waals surface area contributed by atoms with Crippen molar-refractivity contribution in [1.29, 1.82) is 0 Å². The molecule has 1 aliphatic heterocycles. The molecule has 150 valence electrons. The van der Waals surface area contributed by atoms with E-state index in [9.17, 15) is 13.2 Å². The summed E-state index contributed by atoms with van der Waals surface area (Å²) in [5.41, 5.74) is 0.635. The summed E-state index contributed by atoms with van der Waals surface area (Å²) >= 11 is 0. The van der Waals surface area contributed by atoms with Gasteiger partial charge in [0.15, 0.2) is 11.5 Å². The number of para-hydroxylation sites is 2. The average Bonchev–Trinajstić information content (AvgIpc) is 2.72. The third-order valence-corrected chi connectivity index (χ3v) is 6.25. The number of ether oxygens (including phenoxy) is 3. The molecule has 0 atom stereocenters. The number of sulfonamides is 1. The number of anilines is 1. The number of nitrogens with zero attached hydrogens (tertiary/aromatic N) is 2. The third kappa shape index (κ3) is 3.76. The molecule has 0 aliphatic carbocycles. The molecule has 28 heavy (non-hydrogen) atoms. The molecule has 9 heteroatoms. The number of hydrogen-bond acceptors (Lipinski definition) is 6. The molecule has 0 fully saturated rings. The van der Waals surface area contributed by atoms with E-state index < -0.39 is 10.0 Å². The van der Waals surface area contributed by atoms with E-state index in [0.717, 1.165) is 4.31 Å². The highest BCUT2D eigenvalue weighted by atomic mass is 32.2. The summed E-state index contributed by atoms with van der Waals surface area (Å²) in [5.74, 6) is 0.991. The van der Waals surface area contributed by atoms with E-state index in [1.54, 1.807) is 23.1 Å². The van der Waals surface area contributed by atoms with Gasteiger partial charge in [0.25, 0.3) is 0 Å². The highest BCUT2D eigenvalue weighted by Crippen LogP contribution is 2.32. The molecule has 2 aromatic rings. The van der Waals surface area contributed by atoms with Gasteiger partial charge in [0.05, 0.1) is 37.9 Å². The molecule has 3 rings (SSSR count). The number of rotatable bonds is 6. The van der Waals surface area contributed by atoms with Crippen LogP contribution in [0.5, 0.6) is 17.2 Å². The molecular formula is C19H22N2O6S. The van der Waals surface area contributed by atoms with Crippen molar-refractivity contribution in [2.45, 2.75) is 4.90 Å². The van der Waals surface area contributed by atoms with Crippen molar-refractivity contribution in [2.75, 3.05) is 45.9 Å². The van der Waals surface area contributed by atoms with E-state index in [1.807, 2.05) is 6.07 Å². The van der Waals surface area contributed by atoms with Gasteiger partial charge in [0.2, 0.25) is 15.9 Å². The van der Waals surface area contributed by atoms with Gasteiger partial charge in [-0.2, -0.15) is 4.31 Å². The number of amides is 1. The van der Waals surface area contributed by atoms with Crippen molar-refractivity contribution in [2.24, 2.45) is 0 Å². The molecule has 0 unspecified atom stereocenters. The summed E-state index contributed by atoms with van der Waals surface area (Å²) in [6.45, 7) is 0.417. The van der Waals surface area contributed by atoms with Crippen molar-refractivity contribution in [3.63, 3.8) is 0 Å². The number of likely N-dealkylation sites (N-methyl/N-ethyl adjacent to an activating group) is 1. The average molecular weight is 406 g/mol. The van der Waals surface area contributed by atoms with Crippen LogP contribution in [0.15, 0.2) is 47.4 Å². The summed E-state index contributed by atoms with van der Waals surface area (Å²) in [7, 11) is 0.380. The Labute approximate surface area is 164 Å². The van der Waals surface area contributed by atoms with Gasteiger partial charge >= 0.3 is 0 Å². The van der Waals surface area contributed by atoms with Crippen LogP contribution < -0.4 is 19.1 Å². The Morgan fingerprint density at radius 3 is 2.57 bits per heavy atom. The number of hydrogen-bond donors (Lipinski definition) is 0. The molecule has 0 saturated carbocycles. The van der Waals surface area contributed by atoms with Crippen molar-refractivity contribution in [3.8, 4) is 17.2 Å². The number of fused-ring (bicyclic) bond motifs is 1. The molecule has 2 aromatic carbocycles. The zero-order valence-electron chi connectivity index (χ0n) is 15.9. The van der Waals surface area contributed by atoms with Crippen LogP contribution in [0.1, 0.15) is 0 Å². The lowest BCUT2D eigenvalue weighted by molar-refractivity contribution is -0.118. The van der Waals surface area contributed by atoms with Crippen LogP contribution in [0.25, 0.3) is 0 Å². The summed E-state index contributed by atoms with van der Waals surface area (Å²) in [4.78, 5) is 14.3. The highest BCUT2D eigenvalue weighted by molar-refractivity contribution is 7.89. The van der Waals surface area contributed by atoms with Crippen LogP contribution in [0.2, 0.25) is 0 Å². The van der Waals surface area contributed by atoms with Gasteiger partial charge in [-0.25, -0.2) is 8.42 Å². The second-order valence-electron chi connectivity index (χ2n) is 6.14. The maximum atomic E-state index is 12.9. The minimum Gasteiger partial charge on any atom is -0.493 e. The lowest BCUT2D eigenvalue weighted by atomic mass is 10.2. The standard InChI is InChI=1S/C19H22N2O6S/c1-20(28(23,24)14-8-9-17(25-2)18(12-14)26-3)13-19(22)21-10-11-27-16-7-5-4-6-15(16)21/h4-9,12H,10-11,13H2,1-3H3. The van der Waals surface area contributed by atoms with Gasteiger partial charge in [-0.1, -0.05) is 12.1 Å². The first-order valence-corrected chi connectivity index (χ1v) is 10.0. The minimum absolute atomic E-state index is 0.0165. The van der Waals surface area contributed by atoms with Gasteiger partial charge in [-0.3, -0.25) is 4.79 Å². The number of benzene rings is 2. The minimum atomic E-state index is -3.89. The molecule has 0 saturated heterocycles. The van der Waals surface area contributed by atoms with Crippen LogP contribution in [0.3, 0.4) is 0 Å². The molecular weight excluding hydrogens is 384 g/mol. The Bertz CT molecular complexity index is 976. The smallest absolute Gasteiger partial charge is 0.243 e. The summed E-state index contributed by atoms with van der Waals surface area (Å²) in [6.07, 6.45) is 0. The molecule has 0 aromatic heterocycles. The van der Waals surface area contributed by atoms with Crippen molar-refractivity contribution < 1.29 is 27.4 Å². The molecule has 1 amide bonds. The molecule has 8 nitrogen and oxygen atoms in total. The highest BCUT2D eigenvalue weighted by Gasteiger charge is 2.29. The van der Waals surface area contributed by atoms with E-state index >= 15 is 0 Å². The Kier molecular flexibility index (Phi) is 5.76. The van der Waals surface area contributed by atoms with Crippen LogP contribution in [-0.4, -0.2) is 59.6 Å². The van der Waals surface area contributed by atoms with Gasteiger partial charge < -0.3 is 19.1 Å². The van der Waals surface area contributed by atoms with Crippen molar-refractivity contribution in [3.05, 3.63) is 42.5 Å². The fraction of sp³-hybridized carbons (Fsp3) is 0.316. The van der Waals surface area contributed by atoms with E-state index in [0.29, 0.717) is 36.1 Å². The molecule has 0 radical (unpaired) electrons. The molecule has 0 N–H and O–H groups in total. The summed E-state index contributed by atoms with van der Waals surface area (Å²) in [5, 5.41) is 0. The fourth-order valence-electron chi connectivity index (χ4n) is 2.95. The van der Waals surface area contributed by atoms with Crippen LogP contribution in [0.4, 0.5) is 5.69 Å². The first kappa shape index (κ1) is 20.0. The number of methoxy groups -OCH3 is 2. The maximum absolute atomic E-state index is 12.9. The topological polar surface area (TPSA) is 85.4 Å². The number of carbonyl (C=O) groups is 1. The first-order chi connectivity index (χ1) is 13.4. The predicted molar refractivity (Wildman–Crippen MR) is 104 cm³/mol. The van der Waals surface area contributed by atoms with Crippen molar-refractivity contribution >= 4 is 21.6 Å². The second kappa shape index (κ2) is 8.07. The zero-order valence-corrected chi connectivity index (χ0v) is 16.7.